The van der Waals surface area contributed by atoms with Crippen LogP contribution in [0.25, 0.3) is 10.6 Å². The predicted octanol–water partition coefficient (Wildman–Crippen LogP) is 4.85. The highest BCUT2D eigenvalue weighted by Gasteiger charge is 2.07. The summed E-state index contributed by atoms with van der Waals surface area (Å²) < 4.78 is 12.9. The van der Waals surface area contributed by atoms with E-state index in [9.17, 15) is 9.18 Å². The first kappa shape index (κ1) is 19.6. The number of nitrogens with one attached hydrogen (secondary N) is 1. The van der Waals surface area contributed by atoms with E-state index in [1.54, 1.807) is 35.2 Å². The Kier molecular flexibility index (Phi) is 7.01. The van der Waals surface area contributed by atoms with Crippen molar-refractivity contribution in [3.8, 4) is 10.6 Å². The summed E-state index contributed by atoms with van der Waals surface area (Å²) in [5.41, 5.74) is 4.37. The van der Waals surface area contributed by atoms with E-state index in [4.69, 9.17) is 0 Å². The molecule has 2 aromatic carbocycles. The van der Waals surface area contributed by atoms with E-state index >= 15 is 0 Å². The summed E-state index contributed by atoms with van der Waals surface area (Å²) in [5, 5.41) is 5.96. The van der Waals surface area contributed by atoms with E-state index in [0.29, 0.717) is 24.5 Å². The Hall–Kier alpha value is -2.18. The van der Waals surface area contributed by atoms with Crippen LogP contribution in [0.4, 0.5) is 4.39 Å². The molecule has 3 nitrogen and oxygen atoms in total. The fourth-order valence-electron chi connectivity index (χ4n) is 2.50. The maximum atomic E-state index is 12.9. The number of carbonyl (C=O) groups is 1. The predicted molar refractivity (Wildman–Crippen MR) is 112 cm³/mol. The Morgan fingerprint density at radius 1 is 1.15 bits per heavy atom. The van der Waals surface area contributed by atoms with Crippen LogP contribution in [-0.4, -0.2) is 23.2 Å². The summed E-state index contributed by atoms with van der Waals surface area (Å²) in [6.07, 6.45) is 0.697. The first-order valence-electron chi connectivity index (χ1n) is 8.70. The minimum Gasteiger partial charge on any atom is -0.355 e. The highest BCUT2D eigenvalue weighted by molar-refractivity contribution is 7.99. The number of aromatic nitrogens is 1. The van der Waals surface area contributed by atoms with Gasteiger partial charge in [-0.3, -0.25) is 4.79 Å². The molecular formula is C21H21FN2OS2. The van der Waals surface area contributed by atoms with Gasteiger partial charge in [0.2, 0.25) is 5.91 Å². The van der Waals surface area contributed by atoms with Crippen LogP contribution in [0, 0.1) is 12.7 Å². The maximum Gasteiger partial charge on any atom is 0.230 e. The summed E-state index contributed by atoms with van der Waals surface area (Å²) in [7, 11) is 0. The Labute approximate surface area is 167 Å². The van der Waals surface area contributed by atoms with Crippen molar-refractivity contribution in [2.24, 2.45) is 0 Å². The Morgan fingerprint density at radius 2 is 1.89 bits per heavy atom. The van der Waals surface area contributed by atoms with E-state index in [1.807, 2.05) is 0 Å². The summed E-state index contributed by atoms with van der Waals surface area (Å²) in [6.45, 7) is 2.62. The number of amides is 1. The number of hydrogen-bond acceptors (Lipinski definition) is 4. The highest BCUT2D eigenvalue weighted by Crippen LogP contribution is 2.25. The van der Waals surface area contributed by atoms with Gasteiger partial charge in [-0.15, -0.1) is 23.1 Å². The SMILES string of the molecule is Cc1ccc(-c2nc(CSCC(=O)NCCc3ccc(F)cc3)cs2)cc1. The van der Waals surface area contributed by atoms with Gasteiger partial charge < -0.3 is 5.32 Å². The van der Waals surface area contributed by atoms with E-state index in [2.05, 4.69) is 46.9 Å². The lowest BCUT2D eigenvalue weighted by atomic mass is 10.1. The van der Waals surface area contributed by atoms with Crippen LogP contribution in [0.5, 0.6) is 0 Å². The zero-order valence-electron chi connectivity index (χ0n) is 15.1. The number of benzene rings is 2. The van der Waals surface area contributed by atoms with Crippen molar-refractivity contribution in [3.63, 3.8) is 0 Å². The zero-order chi connectivity index (χ0) is 19.1. The molecule has 0 fully saturated rings. The average molecular weight is 401 g/mol. The molecule has 3 aromatic rings. The third kappa shape index (κ3) is 6.19. The summed E-state index contributed by atoms with van der Waals surface area (Å²) in [6, 6.07) is 14.7. The number of aryl methyl sites for hydroxylation is 1. The molecular weight excluding hydrogens is 379 g/mol. The van der Waals surface area contributed by atoms with Gasteiger partial charge in [0.15, 0.2) is 0 Å². The van der Waals surface area contributed by atoms with Gasteiger partial charge in [0, 0.05) is 23.2 Å². The monoisotopic (exact) mass is 400 g/mol. The second kappa shape index (κ2) is 9.67. The lowest BCUT2D eigenvalue weighted by molar-refractivity contribution is -0.118. The van der Waals surface area contributed by atoms with Gasteiger partial charge in [-0.25, -0.2) is 9.37 Å². The molecule has 0 bridgehead atoms. The quantitative estimate of drug-likeness (QED) is 0.588. The third-order valence-corrected chi connectivity index (χ3v) is 5.89. The molecule has 140 valence electrons. The minimum atomic E-state index is -0.244. The van der Waals surface area contributed by atoms with Crippen LogP contribution >= 0.6 is 23.1 Å². The van der Waals surface area contributed by atoms with E-state index in [0.717, 1.165) is 21.8 Å². The molecule has 6 heteroatoms. The fraction of sp³-hybridized carbons (Fsp3) is 0.238. The Bertz CT molecular complexity index is 876. The number of carbonyl (C=O) groups excluding carboxylic acids is 1. The third-order valence-electron chi connectivity index (χ3n) is 3.98. The topological polar surface area (TPSA) is 42.0 Å². The highest BCUT2D eigenvalue weighted by atomic mass is 32.2. The Morgan fingerprint density at radius 3 is 2.63 bits per heavy atom. The van der Waals surface area contributed by atoms with Gasteiger partial charge in [-0.1, -0.05) is 42.0 Å². The molecule has 1 aromatic heterocycles. The molecule has 0 radical (unpaired) electrons. The zero-order valence-corrected chi connectivity index (χ0v) is 16.7. The van der Waals surface area contributed by atoms with Gasteiger partial charge >= 0.3 is 0 Å². The van der Waals surface area contributed by atoms with Gasteiger partial charge in [-0.05, 0) is 31.0 Å². The summed E-state index contributed by atoms with van der Waals surface area (Å²) >= 11 is 3.18. The largest absolute Gasteiger partial charge is 0.355 e. The standard InChI is InChI=1S/C21H21FN2OS2/c1-15-2-6-17(7-3-15)21-24-19(13-27-21)12-26-14-20(25)23-11-10-16-4-8-18(22)9-5-16/h2-9,13H,10-12,14H2,1H3,(H,23,25). The number of nitrogens with zero attached hydrogens (tertiary/aromatic N) is 1. The van der Waals surface area contributed by atoms with Crippen molar-refractivity contribution in [3.05, 3.63) is 76.5 Å². The van der Waals surface area contributed by atoms with Gasteiger partial charge in [0.05, 0.1) is 11.4 Å². The molecule has 0 aliphatic carbocycles. The van der Waals surface area contributed by atoms with Crippen molar-refractivity contribution in [2.75, 3.05) is 12.3 Å². The molecule has 1 amide bonds. The van der Waals surface area contributed by atoms with Crippen LogP contribution in [0.3, 0.4) is 0 Å². The van der Waals surface area contributed by atoms with Crippen molar-refractivity contribution in [1.82, 2.24) is 10.3 Å². The molecule has 1 heterocycles. The number of thiazole rings is 1. The number of rotatable bonds is 8. The molecule has 0 aliphatic heterocycles. The lowest BCUT2D eigenvalue weighted by Crippen LogP contribution is -2.27. The molecule has 0 spiro atoms. The number of thioether (sulfide) groups is 1. The van der Waals surface area contributed by atoms with Crippen LogP contribution in [-0.2, 0) is 17.0 Å². The molecule has 0 saturated carbocycles. The first-order valence-corrected chi connectivity index (χ1v) is 10.7. The van der Waals surface area contributed by atoms with Crippen molar-refractivity contribution < 1.29 is 9.18 Å². The molecule has 0 aliphatic rings. The van der Waals surface area contributed by atoms with E-state index in [-0.39, 0.29) is 11.7 Å². The fourth-order valence-corrected chi connectivity index (χ4v) is 4.18. The Balaban J connectivity index is 1.37. The molecule has 3 rings (SSSR count). The first-order chi connectivity index (χ1) is 13.1. The van der Waals surface area contributed by atoms with Gasteiger partial charge in [0.1, 0.15) is 10.8 Å². The summed E-state index contributed by atoms with van der Waals surface area (Å²) in [4.78, 5) is 16.6. The van der Waals surface area contributed by atoms with Crippen molar-refractivity contribution in [2.45, 2.75) is 19.1 Å². The van der Waals surface area contributed by atoms with Crippen LogP contribution in [0.1, 0.15) is 16.8 Å². The smallest absolute Gasteiger partial charge is 0.230 e. The lowest BCUT2D eigenvalue weighted by Gasteiger charge is -2.05. The molecule has 0 atom stereocenters. The van der Waals surface area contributed by atoms with Gasteiger partial charge in [-0.2, -0.15) is 0 Å². The van der Waals surface area contributed by atoms with Crippen LogP contribution in [0.15, 0.2) is 53.9 Å². The molecule has 27 heavy (non-hydrogen) atoms. The van der Waals surface area contributed by atoms with Crippen molar-refractivity contribution >= 4 is 29.0 Å². The molecule has 0 saturated heterocycles. The maximum absolute atomic E-state index is 12.9. The molecule has 0 unspecified atom stereocenters. The minimum absolute atomic E-state index is 0.0103. The second-order valence-corrected chi connectivity index (χ2v) is 8.07. The second-order valence-electron chi connectivity index (χ2n) is 6.23. The number of hydrogen-bond donors (Lipinski definition) is 1. The average Bonchev–Trinajstić information content (AvgIpc) is 3.13. The number of halogens is 1. The van der Waals surface area contributed by atoms with Crippen molar-refractivity contribution in [1.29, 1.82) is 0 Å². The van der Waals surface area contributed by atoms with Gasteiger partial charge in [0.25, 0.3) is 0 Å². The summed E-state index contributed by atoms with van der Waals surface area (Å²) in [5.74, 6) is 0.886. The molecule has 1 N–H and O–H groups in total. The van der Waals surface area contributed by atoms with E-state index < -0.39 is 0 Å². The van der Waals surface area contributed by atoms with Crippen LogP contribution in [0.2, 0.25) is 0 Å². The van der Waals surface area contributed by atoms with Crippen LogP contribution < -0.4 is 5.32 Å². The normalized spacial score (nSPS) is 10.7. The van der Waals surface area contributed by atoms with E-state index in [1.165, 1.54) is 17.7 Å².